The molecule has 152 valence electrons. The number of aliphatic hydroxyl groups excluding tert-OH is 4. The van der Waals surface area contributed by atoms with E-state index in [1.807, 2.05) is 20.9 Å². The third-order valence-electron chi connectivity index (χ3n) is 5.01. The Hall–Kier alpha value is -0.240. The largest absolute Gasteiger partial charge is 0.396 e. The van der Waals surface area contributed by atoms with Crippen molar-refractivity contribution >= 4 is 0 Å². The van der Waals surface area contributed by atoms with Crippen LogP contribution in [0.4, 0.5) is 0 Å². The van der Waals surface area contributed by atoms with E-state index in [9.17, 15) is 15.3 Å². The third kappa shape index (κ3) is 9.87. The highest BCUT2D eigenvalue weighted by Gasteiger charge is 2.24. The molecule has 0 bridgehead atoms. The maximum absolute atomic E-state index is 9.49. The van der Waals surface area contributed by atoms with Gasteiger partial charge in [0.05, 0.1) is 18.3 Å². The van der Waals surface area contributed by atoms with Gasteiger partial charge in [-0.1, -0.05) is 13.8 Å². The SMILES string of the molecule is CC.CC(C)N1CCCC(O)C(O)C1.CN1CCC(O)C(CO)CC1. The highest BCUT2D eigenvalue weighted by Crippen LogP contribution is 2.16. The Kier molecular flexibility index (Phi) is 13.8. The smallest absolute Gasteiger partial charge is 0.0925 e. The lowest BCUT2D eigenvalue weighted by molar-refractivity contribution is 0.00500. The van der Waals surface area contributed by atoms with Crippen LogP contribution in [0.1, 0.15) is 53.4 Å². The van der Waals surface area contributed by atoms with Crippen LogP contribution >= 0.6 is 0 Å². The van der Waals surface area contributed by atoms with Gasteiger partial charge in [-0.25, -0.2) is 0 Å². The summed E-state index contributed by atoms with van der Waals surface area (Å²) in [7, 11) is 2.05. The molecule has 0 aromatic heterocycles. The molecule has 2 rings (SSSR count). The van der Waals surface area contributed by atoms with Crippen molar-refractivity contribution in [3.05, 3.63) is 0 Å². The van der Waals surface area contributed by atoms with Crippen LogP contribution in [0, 0.1) is 5.92 Å². The molecule has 0 aromatic carbocycles. The summed E-state index contributed by atoms with van der Waals surface area (Å²) < 4.78 is 0. The fraction of sp³-hybridized carbons (Fsp3) is 1.00. The van der Waals surface area contributed by atoms with E-state index >= 15 is 0 Å². The zero-order valence-electron chi connectivity index (χ0n) is 16.9. The maximum Gasteiger partial charge on any atom is 0.0925 e. The minimum absolute atomic E-state index is 0.0972. The molecule has 0 radical (unpaired) electrons. The molecule has 2 heterocycles. The Morgan fingerprint density at radius 1 is 0.880 bits per heavy atom. The highest BCUT2D eigenvalue weighted by molar-refractivity contribution is 4.78. The molecule has 6 nitrogen and oxygen atoms in total. The summed E-state index contributed by atoms with van der Waals surface area (Å²) in [5.41, 5.74) is 0. The summed E-state index contributed by atoms with van der Waals surface area (Å²) in [5, 5.41) is 37.2. The van der Waals surface area contributed by atoms with Crippen LogP contribution in [-0.4, -0.2) is 94.4 Å². The van der Waals surface area contributed by atoms with Crippen molar-refractivity contribution in [3.63, 3.8) is 0 Å². The summed E-state index contributed by atoms with van der Waals surface area (Å²) >= 11 is 0. The molecule has 2 saturated heterocycles. The minimum atomic E-state index is -0.560. The van der Waals surface area contributed by atoms with Crippen LogP contribution < -0.4 is 0 Å². The van der Waals surface area contributed by atoms with Crippen LogP contribution in [-0.2, 0) is 0 Å². The third-order valence-corrected chi connectivity index (χ3v) is 5.01. The monoisotopic (exact) mass is 362 g/mol. The van der Waals surface area contributed by atoms with E-state index in [1.165, 1.54) is 0 Å². The summed E-state index contributed by atoms with van der Waals surface area (Å²) in [6.07, 6.45) is 2.03. The minimum Gasteiger partial charge on any atom is -0.396 e. The van der Waals surface area contributed by atoms with E-state index < -0.39 is 12.2 Å². The average Bonchev–Trinajstić information content (AvgIpc) is 2.87. The van der Waals surface area contributed by atoms with E-state index in [2.05, 4.69) is 23.6 Å². The molecular formula is C19H42N2O4. The second-order valence-corrected chi connectivity index (χ2v) is 7.26. The van der Waals surface area contributed by atoms with Crippen LogP contribution in [0.5, 0.6) is 0 Å². The maximum atomic E-state index is 9.49. The van der Waals surface area contributed by atoms with Crippen molar-refractivity contribution in [3.8, 4) is 0 Å². The number of aliphatic hydroxyl groups is 4. The molecule has 0 aliphatic carbocycles. The first-order valence-corrected chi connectivity index (χ1v) is 9.92. The Labute approximate surface area is 154 Å². The highest BCUT2D eigenvalue weighted by atomic mass is 16.3. The van der Waals surface area contributed by atoms with Crippen LogP contribution in [0.15, 0.2) is 0 Å². The Morgan fingerprint density at radius 2 is 1.48 bits per heavy atom. The van der Waals surface area contributed by atoms with Gasteiger partial charge in [-0.05, 0) is 59.7 Å². The van der Waals surface area contributed by atoms with Gasteiger partial charge in [0.15, 0.2) is 0 Å². The van der Waals surface area contributed by atoms with E-state index in [4.69, 9.17) is 5.11 Å². The number of nitrogens with zero attached hydrogens (tertiary/aromatic N) is 2. The van der Waals surface area contributed by atoms with E-state index in [0.717, 1.165) is 45.3 Å². The van der Waals surface area contributed by atoms with Crippen molar-refractivity contribution < 1.29 is 20.4 Å². The quantitative estimate of drug-likeness (QED) is 0.584. The summed E-state index contributed by atoms with van der Waals surface area (Å²) in [6, 6.07) is 0.463. The molecule has 0 saturated carbocycles. The summed E-state index contributed by atoms with van der Waals surface area (Å²) in [5.74, 6) is 0.0972. The fourth-order valence-corrected chi connectivity index (χ4v) is 3.11. The second-order valence-electron chi connectivity index (χ2n) is 7.26. The second kappa shape index (κ2) is 13.9. The van der Waals surface area contributed by atoms with Crippen LogP contribution in [0.2, 0.25) is 0 Å². The van der Waals surface area contributed by atoms with Crippen molar-refractivity contribution in [2.75, 3.05) is 39.8 Å². The zero-order valence-corrected chi connectivity index (χ0v) is 16.9. The standard InChI is InChI=1S/C9H19NO2.C8H17NO2.C2H6/c1-7(2)10-5-3-4-8(11)9(12)6-10;1-9-4-2-7(6-10)8(11)3-5-9;1-2/h7-9,11-12H,3-6H2,1-2H3;7-8,10-11H,2-6H2,1H3;1-2H3. The van der Waals surface area contributed by atoms with E-state index in [0.29, 0.717) is 12.6 Å². The number of β-amino-alcohol motifs (C(OH)–C–C–N with tert-alkyl or cyclic N) is 1. The first-order chi connectivity index (χ1) is 11.8. The normalized spacial score (nSPS) is 31.9. The van der Waals surface area contributed by atoms with Gasteiger partial charge >= 0.3 is 0 Å². The molecular weight excluding hydrogens is 320 g/mol. The molecule has 0 spiro atoms. The van der Waals surface area contributed by atoms with Gasteiger partial charge in [0, 0.05) is 31.7 Å². The van der Waals surface area contributed by atoms with Gasteiger partial charge in [0.1, 0.15) is 0 Å². The lowest BCUT2D eigenvalue weighted by Crippen LogP contribution is -2.39. The Morgan fingerprint density at radius 3 is 2.04 bits per heavy atom. The first kappa shape index (κ1) is 24.8. The summed E-state index contributed by atoms with van der Waals surface area (Å²) in [6.45, 7) is 11.9. The molecule has 6 heteroatoms. The Balaban J connectivity index is 0.000000421. The Bertz CT molecular complexity index is 318. The molecule has 2 aliphatic rings. The molecule has 2 aliphatic heterocycles. The van der Waals surface area contributed by atoms with Gasteiger partial charge < -0.3 is 25.3 Å². The number of hydrogen-bond donors (Lipinski definition) is 4. The van der Waals surface area contributed by atoms with Crippen LogP contribution in [0.25, 0.3) is 0 Å². The molecule has 0 aromatic rings. The van der Waals surface area contributed by atoms with Crippen molar-refractivity contribution in [2.45, 2.75) is 77.7 Å². The molecule has 4 unspecified atom stereocenters. The van der Waals surface area contributed by atoms with Gasteiger partial charge in [-0.2, -0.15) is 0 Å². The molecule has 4 N–H and O–H groups in total. The van der Waals surface area contributed by atoms with Gasteiger partial charge in [-0.3, -0.25) is 4.90 Å². The molecule has 4 atom stereocenters. The van der Waals surface area contributed by atoms with Gasteiger partial charge in [-0.15, -0.1) is 0 Å². The molecule has 0 amide bonds. The lowest BCUT2D eigenvalue weighted by atomic mass is 9.99. The van der Waals surface area contributed by atoms with Crippen molar-refractivity contribution in [1.29, 1.82) is 0 Å². The summed E-state index contributed by atoms with van der Waals surface area (Å²) in [4.78, 5) is 4.40. The molecule has 2 fully saturated rings. The van der Waals surface area contributed by atoms with E-state index in [1.54, 1.807) is 0 Å². The van der Waals surface area contributed by atoms with Crippen LogP contribution in [0.3, 0.4) is 0 Å². The first-order valence-electron chi connectivity index (χ1n) is 9.92. The van der Waals surface area contributed by atoms with E-state index in [-0.39, 0.29) is 18.6 Å². The van der Waals surface area contributed by atoms with Gasteiger partial charge in [0.2, 0.25) is 0 Å². The zero-order chi connectivity index (χ0) is 19.4. The lowest BCUT2D eigenvalue weighted by Gasteiger charge is -2.26. The van der Waals surface area contributed by atoms with Gasteiger partial charge in [0.25, 0.3) is 0 Å². The number of hydrogen-bond acceptors (Lipinski definition) is 6. The number of rotatable bonds is 2. The number of likely N-dealkylation sites (tertiary alicyclic amines) is 2. The topological polar surface area (TPSA) is 87.4 Å². The average molecular weight is 363 g/mol. The van der Waals surface area contributed by atoms with Crippen molar-refractivity contribution in [2.24, 2.45) is 5.92 Å². The predicted molar refractivity (Wildman–Crippen MR) is 103 cm³/mol. The molecule has 25 heavy (non-hydrogen) atoms. The fourth-order valence-electron chi connectivity index (χ4n) is 3.11. The predicted octanol–water partition coefficient (Wildman–Crippen LogP) is 0.920. The van der Waals surface area contributed by atoms with Crippen molar-refractivity contribution in [1.82, 2.24) is 9.80 Å².